The number of nitriles is 1. The van der Waals surface area contributed by atoms with Gasteiger partial charge in [0.2, 0.25) is 0 Å². The second-order valence-electron chi connectivity index (χ2n) is 5.87. The van der Waals surface area contributed by atoms with Gasteiger partial charge >= 0.3 is 0 Å². The number of rotatable bonds is 6. The van der Waals surface area contributed by atoms with E-state index in [1.54, 1.807) is 13.2 Å². The summed E-state index contributed by atoms with van der Waals surface area (Å²) in [7, 11) is 1.61. The van der Waals surface area contributed by atoms with Crippen molar-refractivity contribution in [2.24, 2.45) is 0 Å². The first-order valence-electron chi connectivity index (χ1n) is 8.38. The summed E-state index contributed by atoms with van der Waals surface area (Å²) in [5, 5.41) is 12.0. The molecule has 0 bridgehead atoms. The number of allylic oxidation sites excluding steroid dienone is 1. The van der Waals surface area contributed by atoms with Crippen molar-refractivity contribution in [2.75, 3.05) is 13.7 Å². The van der Waals surface area contributed by atoms with E-state index in [1.807, 2.05) is 54.6 Å². The van der Waals surface area contributed by atoms with Crippen LogP contribution in [0.25, 0.3) is 22.4 Å². The molecule has 0 aromatic heterocycles. The predicted octanol–water partition coefficient (Wildman–Crippen LogP) is 6.08. The van der Waals surface area contributed by atoms with Crippen LogP contribution in [0.4, 0.5) is 0 Å². The van der Waals surface area contributed by atoms with Crippen molar-refractivity contribution in [3.63, 3.8) is 0 Å². The summed E-state index contributed by atoms with van der Waals surface area (Å²) in [6, 6.07) is 20.3. The maximum Gasteiger partial charge on any atom is 0.174 e. The van der Waals surface area contributed by atoms with E-state index in [9.17, 15) is 5.26 Å². The normalized spacial score (nSPS) is 11.1. The van der Waals surface area contributed by atoms with Gasteiger partial charge in [0.25, 0.3) is 0 Å². The number of benzene rings is 3. The molecule has 0 aliphatic rings. The van der Waals surface area contributed by atoms with E-state index in [1.165, 1.54) is 0 Å². The van der Waals surface area contributed by atoms with Crippen molar-refractivity contribution in [1.82, 2.24) is 0 Å². The van der Waals surface area contributed by atoms with Crippen LogP contribution in [0.1, 0.15) is 11.1 Å². The fourth-order valence-corrected chi connectivity index (χ4v) is 3.59. The molecule has 0 aliphatic carbocycles. The van der Waals surface area contributed by atoms with Crippen molar-refractivity contribution < 1.29 is 9.47 Å². The van der Waals surface area contributed by atoms with Gasteiger partial charge in [-0.2, -0.15) is 5.26 Å². The Morgan fingerprint density at radius 2 is 1.93 bits per heavy atom. The lowest BCUT2D eigenvalue weighted by Crippen LogP contribution is -1.99. The molecule has 27 heavy (non-hydrogen) atoms. The second kappa shape index (κ2) is 8.74. The first-order chi connectivity index (χ1) is 13.2. The molecule has 0 atom stereocenters. The number of methoxy groups -OCH3 is 1. The van der Waals surface area contributed by atoms with Crippen molar-refractivity contribution in [1.29, 1.82) is 5.26 Å². The van der Waals surface area contributed by atoms with Gasteiger partial charge in [-0.3, -0.25) is 0 Å². The monoisotopic (exact) mass is 467 g/mol. The summed E-state index contributed by atoms with van der Waals surface area (Å²) < 4.78 is 12.1. The standard InChI is InChI=1S/C23H18INO2/c1-3-10-27-23-21(24)12-16(13-22(23)26-2)11-20(15-25)19-9-8-17-6-4-5-7-18(17)14-19/h3-9,11-14H,1,10H2,2H3/b20-11+. The zero-order valence-electron chi connectivity index (χ0n) is 14.9. The van der Waals surface area contributed by atoms with Gasteiger partial charge < -0.3 is 9.47 Å². The van der Waals surface area contributed by atoms with Gasteiger partial charge in [0.05, 0.1) is 22.3 Å². The van der Waals surface area contributed by atoms with Crippen molar-refractivity contribution in [3.8, 4) is 17.6 Å². The highest BCUT2D eigenvalue weighted by atomic mass is 127. The quantitative estimate of drug-likeness (QED) is 0.191. The van der Waals surface area contributed by atoms with Crippen LogP contribution in [0.15, 0.2) is 67.3 Å². The number of halogens is 1. The zero-order chi connectivity index (χ0) is 19.2. The molecule has 134 valence electrons. The van der Waals surface area contributed by atoms with E-state index in [0.717, 1.165) is 25.5 Å². The van der Waals surface area contributed by atoms with Gasteiger partial charge in [-0.15, -0.1) is 0 Å². The summed E-state index contributed by atoms with van der Waals surface area (Å²) >= 11 is 2.21. The third-order valence-electron chi connectivity index (χ3n) is 4.09. The Bertz CT molecular complexity index is 1060. The summed E-state index contributed by atoms with van der Waals surface area (Å²) in [5.74, 6) is 1.31. The van der Waals surface area contributed by atoms with Gasteiger partial charge in [-0.05, 0) is 68.8 Å². The number of ether oxygens (including phenoxy) is 2. The third-order valence-corrected chi connectivity index (χ3v) is 4.89. The molecule has 4 heteroatoms. The molecule has 3 aromatic carbocycles. The van der Waals surface area contributed by atoms with E-state index in [2.05, 4.69) is 41.3 Å². The SMILES string of the molecule is C=CCOc1c(I)cc(/C=C(\C#N)c2ccc3ccccc3c2)cc1OC. The Morgan fingerprint density at radius 1 is 1.15 bits per heavy atom. The van der Waals surface area contributed by atoms with Crippen molar-refractivity contribution in [2.45, 2.75) is 0 Å². The molecule has 0 heterocycles. The Balaban J connectivity index is 2.03. The lowest BCUT2D eigenvalue weighted by Gasteiger charge is -2.12. The molecule has 0 N–H and O–H groups in total. The van der Waals surface area contributed by atoms with Crippen molar-refractivity contribution in [3.05, 3.63) is 81.9 Å². The minimum atomic E-state index is 0.405. The average Bonchev–Trinajstić information content (AvgIpc) is 2.70. The van der Waals surface area contributed by atoms with Gasteiger partial charge in [0.1, 0.15) is 6.61 Å². The fourth-order valence-electron chi connectivity index (χ4n) is 2.81. The second-order valence-corrected chi connectivity index (χ2v) is 7.03. The lowest BCUT2D eigenvalue weighted by molar-refractivity contribution is 0.324. The average molecular weight is 467 g/mol. The highest BCUT2D eigenvalue weighted by Gasteiger charge is 2.11. The summed E-state index contributed by atoms with van der Waals surface area (Å²) in [6.07, 6.45) is 3.56. The van der Waals surface area contributed by atoms with E-state index in [0.29, 0.717) is 23.7 Å². The van der Waals surface area contributed by atoms with Crippen LogP contribution in [0.5, 0.6) is 11.5 Å². The van der Waals surface area contributed by atoms with Crippen LogP contribution in [0.2, 0.25) is 0 Å². The molecule has 0 spiro atoms. The molecule has 0 unspecified atom stereocenters. The Labute approximate surface area is 172 Å². The third kappa shape index (κ3) is 4.32. The molecule has 0 saturated carbocycles. The molecule has 3 rings (SSSR count). The molecule has 0 saturated heterocycles. The fraction of sp³-hybridized carbons (Fsp3) is 0.0870. The molecule has 3 nitrogen and oxygen atoms in total. The number of hydrogen-bond acceptors (Lipinski definition) is 3. The Morgan fingerprint density at radius 3 is 2.63 bits per heavy atom. The van der Waals surface area contributed by atoms with Crippen LogP contribution < -0.4 is 9.47 Å². The van der Waals surface area contributed by atoms with E-state index in [4.69, 9.17) is 9.47 Å². The molecule has 0 radical (unpaired) electrons. The maximum atomic E-state index is 9.69. The summed E-state index contributed by atoms with van der Waals surface area (Å²) in [6.45, 7) is 4.08. The lowest BCUT2D eigenvalue weighted by atomic mass is 10.00. The minimum absolute atomic E-state index is 0.405. The van der Waals surface area contributed by atoms with Crippen LogP contribution >= 0.6 is 22.6 Å². The largest absolute Gasteiger partial charge is 0.493 e. The molecular formula is C23H18INO2. The van der Waals surface area contributed by atoms with Crippen LogP contribution in [-0.2, 0) is 0 Å². The topological polar surface area (TPSA) is 42.2 Å². The van der Waals surface area contributed by atoms with Gasteiger partial charge in [0.15, 0.2) is 11.5 Å². The summed E-state index contributed by atoms with van der Waals surface area (Å²) in [5.41, 5.74) is 2.36. The van der Waals surface area contributed by atoms with Crippen molar-refractivity contribution >= 4 is 45.0 Å². The van der Waals surface area contributed by atoms with Crippen LogP contribution in [0, 0.1) is 14.9 Å². The molecule has 3 aromatic rings. The van der Waals surface area contributed by atoms with E-state index >= 15 is 0 Å². The molecule has 0 amide bonds. The molecule has 0 aliphatic heterocycles. The predicted molar refractivity (Wildman–Crippen MR) is 119 cm³/mol. The maximum absolute atomic E-state index is 9.69. The first kappa shape index (κ1) is 19.0. The first-order valence-corrected chi connectivity index (χ1v) is 9.46. The highest BCUT2D eigenvalue weighted by molar-refractivity contribution is 14.1. The number of fused-ring (bicyclic) bond motifs is 1. The highest BCUT2D eigenvalue weighted by Crippen LogP contribution is 2.35. The number of hydrogen-bond donors (Lipinski definition) is 0. The van der Waals surface area contributed by atoms with Gasteiger partial charge in [-0.1, -0.05) is 49.1 Å². The zero-order valence-corrected chi connectivity index (χ0v) is 17.1. The Kier molecular flexibility index (Phi) is 6.15. The van der Waals surface area contributed by atoms with Gasteiger partial charge in [-0.25, -0.2) is 0 Å². The van der Waals surface area contributed by atoms with Crippen LogP contribution in [0.3, 0.4) is 0 Å². The molecular weight excluding hydrogens is 449 g/mol. The van der Waals surface area contributed by atoms with E-state index < -0.39 is 0 Å². The molecule has 0 fully saturated rings. The summed E-state index contributed by atoms with van der Waals surface area (Å²) in [4.78, 5) is 0. The minimum Gasteiger partial charge on any atom is -0.493 e. The van der Waals surface area contributed by atoms with Gasteiger partial charge in [0, 0.05) is 0 Å². The Hall–Kier alpha value is -2.78. The van der Waals surface area contributed by atoms with E-state index in [-0.39, 0.29) is 0 Å². The number of nitrogens with zero attached hydrogens (tertiary/aromatic N) is 1. The smallest absolute Gasteiger partial charge is 0.174 e. The van der Waals surface area contributed by atoms with Crippen LogP contribution in [-0.4, -0.2) is 13.7 Å².